The van der Waals surface area contributed by atoms with Crippen molar-refractivity contribution in [1.29, 1.82) is 0 Å². The normalized spacial score (nSPS) is 18.0. The molecule has 4 heteroatoms. The van der Waals surface area contributed by atoms with Gasteiger partial charge in [0.2, 0.25) is 0 Å². The quantitative estimate of drug-likeness (QED) is 0.354. The van der Waals surface area contributed by atoms with Crippen molar-refractivity contribution in [1.82, 2.24) is 15.0 Å². The molecule has 1 aliphatic carbocycles. The van der Waals surface area contributed by atoms with Crippen molar-refractivity contribution in [2.75, 3.05) is 0 Å². The highest BCUT2D eigenvalue weighted by Gasteiger charge is 2.20. The Kier molecular flexibility index (Phi) is 11.9. The number of benzene rings is 1. The van der Waals surface area contributed by atoms with Crippen LogP contribution in [0.15, 0.2) is 36.5 Å². The fraction of sp³-hybridized carbons (Fsp3) is 0.714. The minimum Gasteiger partial charge on any atom is -0.353 e. The molecule has 1 aromatic heterocycles. The summed E-state index contributed by atoms with van der Waals surface area (Å²) in [5.41, 5.74) is 2.40. The number of hydrogen-bond donors (Lipinski definition) is 0. The fourth-order valence-electron chi connectivity index (χ4n) is 4.81. The largest absolute Gasteiger partial charge is 0.353 e. The van der Waals surface area contributed by atoms with Crippen LogP contribution in [0.5, 0.6) is 0 Å². The van der Waals surface area contributed by atoms with Crippen molar-refractivity contribution in [3.8, 4) is 0 Å². The van der Waals surface area contributed by atoms with E-state index in [0.29, 0.717) is 6.10 Å². The van der Waals surface area contributed by atoms with Crippen molar-refractivity contribution in [3.05, 3.63) is 47.8 Å². The SMILES string of the molecule is CCCCCCc1cn(C(Cc2ccccc2)OC2CCCCCCCCCCC2)nn1. The van der Waals surface area contributed by atoms with E-state index in [2.05, 4.69) is 53.8 Å². The molecule has 0 N–H and O–H groups in total. The van der Waals surface area contributed by atoms with E-state index >= 15 is 0 Å². The van der Waals surface area contributed by atoms with E-state index in [-0.39, 0.29) is 6.23 Å². The molecule has 0 amide bonds. The average molecular weight is 440 g/mol. The van der Waals surface area contributed by atoms with Gasteiger partial charge in [-0.3, -0.25) is 0 Å². The van der Waals surface area contributed by atoms with Crippen LogP contribution in [-0.4, -0.2) is 21.1 Å². The molecule has 2 aromatic rings. The lowest BCUT2D eigenvalue weighted by Crippen LogP contribution is -2.24. The van der Waals surface area contributed by atoms with Crippen LogP contribution in [0.4, 0.5) is 0 Å². The Morgan fingerprint density at radius 1 is 0.875 bits per heavy atom. The molecule has 1 atom stereocenters. The zero-order valence-corrected chi connectivity index (χ0v) is 20.4. The summed E-state index contributed by atoms with van der Waals surface area (Å²) in [6, 6.07) is 10.7. The minimum atomic E-state index is -0.0767. The molecule has 32 heavy (non-hydrogen) atoms. The maximum absolute atomic E-state index is 6.80. The molecule has 1 aliphatic rings. The Hall–Kier alpha value is -1.68. The molecule has 1 unspecified atom stereocenters. The summed E-state index contributed by atoms with van der Waals surface area (Å²) in [4.78, 5) is 0. The van der Waals surface area contributed by atoms with E-state index in [1.165, 1.54) is 102 Å². The van der Waals surface area contributed by atoms with Crippen molar-refractivity contribution in [2.45, 2.75) is 128 Å². The van der Waals surface area contributed by atoms with Gasteiger partial charge in [-0.25, -0.2) is 4.68 Å². The van der Waals surface area contributed by atoms with Gasteiger partial charge in [-0.1, -0.05) is 120 Å². The zero-order chi connectivity index (χ0) is 22.3. The molecule has 1 saturated carbocycles. The van der Waals surface area contributed by atoms with Gasteiger partial charge in [-0.15, -0.1) is 5.10 Å². The average Bonchev–Trinajstić information content (AvgIpc) is 3.28. The molecule has 0 bridgehead atoms. The van der Waals surface area contributed by atoms with Crippen LogP contribution in [0, 0.1) is 0 Å². The highest BCUT2D eigenvalue weighted by molar-refractivity contribution is 5.15. The number of aromatic nitrogens is 3. The number of ether oxygens (including phenoxy) is 1. The Labute approximate surface area is 196 Å². The lowest BCUT2D eigenvalue weighted by Gasteiger charge is -2.25. The lowest BCUT2D eigenvalue weighted by atomic mass is 9.99. The van der Waals surface area contributed by atoms with E-state index < -0.39 is 0 Å². The van der Waals surface area contributed by atoms with Crippen LogP contribution in [0.3, 0.4) is 0 Å². The summed E-state index contributed by atoms with van der Waals surface area (Å²) >= 11 is 0. The summed E-state index contributed by atoms with van der Waals surface area (Å²) in [6.45, 7) is 2.25. The van der Waals surface area contributed by atoms with Gasteiger partial charge >= 0.3 is 0 Å². The van der Waals surface area contributed by atoms with Gasteiger partial charge in [0.25, 0.3) is 0 Å². The molecule has 178 valence electrons. The number of aryl methyl sites for hydroxylation is 1. The van der Waals surface area contributed by atoms with E-state index in [1.54, 1.807) is 0 Å². The second-order valence-electron chi connectivity index (χ2n) is 9.66. The van der Waals surface area contributed by atoms with E-state index in [0.717, 1.165) is 18.5 Å². The standard InChI is InChI=1S/C28H45N3O/c1-2-3-4-15-20-26-24-31(30-29-26)28(23-25-18-13-12-14-19-25)32-27-21-16-10-8-6-5-7-9-11-17-22-27/h12-14,18-19,24,27-28H,2-11,15-17,20-23H2,1H3. The number of hydrogen-bond acceptors (Lipinski definition) is 3. The predicted octanol–water partition coefficient (Wildman–Crippen LogP) is 7.83. The van der Waals surface area contributed by atoms with Gasteiger partial charge < -0.3 is 4.74 Å². The monoisotopic (exact) mass is 439 g/mol. The van der Waals surface area contributed by atoms with Crippen LogP contribution >= 0.6 is 0 Å². The highest BCUT2D eigenvalue weighted by atomic mass is 16.5. The predicted molar refractivity (Wildman–Crippen MR) is 133 cm³/mol. The Morgan fingerprint density at radius 2 is 1.53 bits per heavy atom. The minimum absolute atomic E-state index is 0.0767. The van der Waals surface area contributed by atoms with E-state index in [9.17, 15) is 0 Å². The van der Waals surface area contributed by atoms with Crippen molar-refractivity contribution < 1.29 is 4.74 Å². The fourth-order valence-corrected chi connectivity index (χ4v) is 4.81. The maximum Gasteiger partial charge on any atom is 0.156 e. The van der Waals surface area contributed by atoms with E-state index in [1.807, 2.05) is 4.68 Å². The molecule has 0 radical (unpaired) electrons. The summed E-state index contributed by atoms with van der Waals surface area (Å²) in [5, 5.41) is 9.01. The summed E-state index contributed by atoms with van der Waals surface area (Å²) < 4.78 is 8.80. The summed E-state index contributed by atoms with van der Waals surface area (Å²) in [7, 11) is 0. The number of rotatable bonds is 10. The van der Waals surface area contributed by atoms with Gasteiger partial charge in [0, 0.05) is 6.42 Å². The molecular formula is C28H45N3O. The van der Waals surface area contributed by atoms with Gasteiger partial charge in [-0.05, 0) is 31.2 Å². The summed E-state index contributed by atoms with van der Waals surface area (Å²) in [6.07, 6.45) is 23.8. The Balaban J connectivity index is 1.65. The first kappa shape index (κ1) is 25.0. The number of nitrogens with zero attached hydrogens (tertiary/aromatic N) is 3. The maximum atomic E-state index is 6.80. The first-order chi connectivity index (χ1) is 15.8. The van der Waals surface area contributed by atoms with E-state index in [4.69, 9.17) is 4.74 Å². The Morgan fingerprint density at radius 3 is 2.19 bits per heavy atom. The molecular weight excluding hydrogens is 394 g/mol. The molecule has 3 rings (SSSR count). The molecule has 1 aromatic carbocycles. The third-order valence-electron chi connectivity index (χ3n) is 6.79. The second-order valence-corrected chi connectivity index (χ2v) is 9.66. The number of unbranched alkanes of at least 4 members (excludes halogenated alkanes) is 3. The highest BCUT2D eigenvalue weighted by Crippen LogP contribution is 2.25. The molecule has 0 aliphatic heterocycles. The first-order valence-electron chi connectivity index (χ1n) is 13.4. The molecule has 0 saturated heterocycles. The third-order valence-corrected chi connectivity index (χ3v) is 6.79. The van der Waals surface area contributed by atoms with Crippen molar-refractivity contribution in [3.63, 3.8) is 0 Å². The lowest BCUT2D eigenvalue weighted by molar-refractivity contribution is -0.0689. The topological polar surface area (TPSA) is 39.9 Å². The zero-order valence-electron chi connectivity index (χ0n) is 20.4. The summed E-state index contributed by atoms with van der Waals surface area (Å²) in [5.74, 6) is 0. The van der Waals surface area contributed by atoms with Crippen LogP contribution in [0.25, 0.3) is 0 Å². The smallest absolute Gasteiger partial charge is 0.156 e. The van der Waals surface area contributed by atoms with Crippen LogP contribution < -0.4 is 0 Å². The second kappa shape index (κ2) is 15.2. The first-order valence-corrected chi connectivity index (χ1v) is 13.4. The molecule has 4 nitrogen and oxygen atoms in total. The van der Waals surface area contributed by atoms with Gasteiger partial charge in [0.15, 0.2) is 6.23 Å². The molecule has 1 fully saturated rings. The van der Waals surface area contributed by atoms with Crippen LogP contribution in [-0.2, 0) is 17.6 Å². The van der Waals surface area contributed by atoms with Gasteiger partial charge in [0.05, 0.1) is 18.0 Å². The van der Waals surface area contributed by atoms with Gasteiger partial charge in [0.1, 0.15) is 0 Å². The molecule has 1 heterocycles. The Bertz CT molecular complexity index is 702. The van der Waals surface area contributed by atoms with Crippen LogP contribution in [0.2, 0.25) is 0 Å². The van der Waals surface area contributed by atoms with Crippen molar-refractivity contribution >= 4 is 0 Å². The molecule has 0 spiro atoms. The van der Waals surface area contributed by atoms with Gasteiger partial charge in [-0.2, -0.15) is 0 Å². The third kappa shape index (κ3) is 9.44. The van der Waals surface area contributed by atoms with Crippen molar-refractivity contribution in [2.24, 2.45) is 0 Å². The van der Waals surface area contributed by atoms with Crippen LogP contribution in [0.1, 0.15) is 121 Å².